The van der Waals surface area contributed by atoms with Crippen LogP contribution in [0.15, 0.2) is 75.9 Å². The fourth-order valence-electron chi connectivity index (χ4n) is 4.18. The Morgan fingerprint density at radius 3 is 2.58 bits per heavy atom. The lowest BCUT2D eigenvalue weighted by atomic mass is 9.97. The van der Waals surface area contributed by atoms with Crippen molar-refractivity contribution in [1.29, 1.82) is 0 Å². The first-order chi connectivity index (χ1) is 15.1. The van der Waals surface area contributed by atoms with Crippen LogP contribution in [0.1, 0.15) is 27.8 Å². The summed E-state index contributed by atoms with van der Waals surface area (Å²) >= 11 is 6.34. The molecule has 1 aromatic heterocycles. The number of aryl methyl sites for hydroxylation is 1. The van der Waals surface area contributed by atoms with Crippen LogP contribution in [0.2, 0.25) is 5.02 Å². The Labute approximate surface area is 185 Å². The van der Waals surface area contributed by atoms with E-state index in [9.17, 15) is 4.79 Å². The van der Waals surface area contributed by atoms with Gasteiger partial charge in [-0.25, -0.2) is 4.79 Å². The van der Waals surface area contributed by atoms with Crippen LogP contribution < -0.4 is 10.4 Å². The minimum Gasteiger partial charge on any atom is -0.478 e. The molecule has 0 spiro atoms. The summed E-state index contributed by atoms with van der Waals surface area (Å²) < 4.78 is 11.9. The van der Waals surface area contributed by atoms with Crippen molar-refractivity contribution in [2.24, 2.45) is 0 Å². The number of fused-ring (bicyclic) bond motifs is 3. The fraction of sp³-hybridized carbons (Fsp3) is 0.192. The first-order valence-electron chi connectivity index (χ1n) is 10.3. The molecular formula is C26H22ClNO3. The molecular weight excluding hydrogens is 410 g/mol. The van der Waals surface area contributed by atoms with E-state index < -0.39 is 0 Å². The van der Waals surface area contributed by atoms with E-state index in [0.717, 1.165) is 38.4 Å². The summed E-state index contributed by atoms with van der Waals surface area (Å²) in [5.74, 6) is 0.765. The van der Waals surface area contributed by atoms with Gasteiger partial charge in [0.2, 0.25) is 0 Å². The van der Waals surface area contributed by atoms with Crippen LogP contribution in [-0.2, 0) is 19.5 Å². The maximum absolute atomic E-state index is 12.9. The van der Waals surface area contributed by atoms with E-state index >= 15 is 0 Å². The van der Waals surface area contributed by atoms with Crippen LogP contribution in [0, 0.1) is 6.92 Å². The molecule has 0 saturated heterocycles. The fourth-order valence-corrected chi connectivity index (χ4v) is 4.38. The van der Waals surface area contributed by atoms with Gasteiger partial charge in [0.1, 0.15) is 18.1 Å². The van der Waals surface area contributed by atoms with Crippen LogP contribution >= 0.6 is 11.6 Å². The number of benzene rings is 3. The second kappa shape index (κ2) is 8.22. The van der Waals surface area contributed by atoms with Gasteiger partial charge < -0.3 is 9.15 Å². The molecule has 156 valence electrons. The Balaban J connectivity index is 1.52. The average Bonchev–Trinajstić information content (AvgIpc) is 2.79. The lowest BCUT2D eigenvalue weighted by Gasteiger charge is -2.29. The largest absolute Gasteiger partial charge is 0.478 e. The molecule has 0 saturated carbocycles. The van der Waals surface area contributed by atoms with Crippen LogP contribution in [0.4, 0.5) is 0 Å². The van der Waals surface area contributed by atoms with Gasteiger partial charge in [-0.2, -0.15) is 0 Å². The number of nitrogens with zero attached hydrogens (tertiary/aromatic N) is 1. The van der Waals surface area contributed by atoms with Gasteiger partial charge in [0.15, 0.2) is 0 Å². The highest BCUT2D eigenvalue weighted by molar-refractivity contribution is 6.31. The first kappa shape index (κ1) is 19.9. The average molecular weight is 432 g/mol. The van der Waals surface area contributed by atoms with E-state index in [1.54, 1.807) is 0 Å². The number of hydrogen-bond acceptors (Lipinski definition) is 4. The summed E-state index contributed by atoms with van der Waals surface area (Å²) in [6, 6.07) is 21.8. The summed E-state index contributed by atoms with van der Waals surface area (Å²) in [5, 5.41) is 1.69. The van der Waals surface area contributed by atoms with Crippen LogP contribution in [-0.4, -0.2) is 11.6 Å². The standard InChI is InChI=1S/C26H22ClNO3/c1-17-20-11-12-24-22(15-28(16-30-24)14-19-9-5-6-10-23(19)27)25(20)31-26(29)21(17)13-18-7-3-2-4-8-18/h2-12H,13-16H2,1H3. The van der Waals surface area contributed by atoms with E-state index in [2.05, 4.69) is 4.90 Å². The summed E-state index contributed by atoms with van der Waals surface area (Å²) in [4.78, 5) is 15.1. The minimum atomic E-state index is -0.287. The van der Waals surface area contributed by atoms with Gasteiger partial charge in [-0.1, -0.05) is 60.1 Å². The number of halogens is 1. The summed E-state index contributed by atoms with van der Waals surface area (Å²) in [5.41, 5.74) is 5.02. The van der Waals surface area contributed by atoms with Crippen molar-refractivity contribution in [2.75, 3.05) is 6.73 Å². The third-order valence-electron chi connectivity index (χ3n) is 5.88. The molecule has 3 aromatic carbocycles. The Morgan fingerprint density at radius 1 is 1.00 bits per heavy atom. The topological polar surface area (TPSA) is 42.7 Å². The maximum atomic E-state index is 12.9. The highest BCUT2D eigenvalue weighted by Gasteiger charge is 2.24. The van der Waals surface area contributed by atoms with Crippen molar-refractivity contribution in [3.8, 4) is 5.75 Å². The highest BCUT2D eigenvalue weighted by Crippen LogP contribution is 2.34. The SMILES string of the molecule is Cc1c(Cc2ccccc2)c(=O)oc2c3c(ccc12)OCN(Cc1ccccc1Cl)C3. The normalized spacial score (nSPS) is 13.7. The molecule has 0 unspecified atom stereocenters. The van der Waals surface area contributed by atoms with Gasteiger partial charge in [0.05, 0.1) is 5.56 Å². The van der Waals surface area contributed by atoms with Crippen molar-refractivity contribution < 1.29 is 9.15 Å². The number of hydrogen-bond donors (Lipinski definition) is 0. The zero-order chi connectivity index (χ0) is 21.4. The predicted octanol–water partition coefficient (Wildman–Crippen LogP) is 5.70. The van der Waals surface area contributed by atoms with E-state index in [-0.39, 0.29) is 5.63 Å². The molecule has 4 aromatic rings. The second-order valence-corrected chi connectivity index (χ2v) is 8.33. The second-order valence-electron chi connectivity index (χ2n) is 7.93. The van der Waals surface area contributed by atoms with Gasteiger partial charge in [0.25, 0.3) is 0 Å². The van der Waals surface area contributed by atoms with E-state index in [1.807, 2.05) is 73.7 Å². The van der Waals surface area contributed by atoms with E-state index in [4.69, 9.17) is 20.8 Å². The van der Waals surface area contributed by atoms with Crippen molar-refractivity contribution in [3.63, 3.8) is 0 Å². The Bertz CT molecular complexity index is 1310. The summed E-state index contributed by atoms with van der Waals surface area (Å²) in [6.45, 7) is 3.73. The van der Waals surface area contributed by atoms with Gasteiger partial charge in [-0.05, 0) is 41.8 Å². The minimum absolute atomic E-state index is 0.287. The smallest absolute Gasteiger partial charge is 0.340 e. The molecule has 0 aliphatic carbocycles. The zero-order valence-electron chi connectivity index (χ0n) is 17.2. The predicted molar refractivity (Wildman–Crippen MR) is 123 cm³/mol. The molecule has 2 heterocycles. The van der Waals surface area contributed by atoms with E-state index in [0.29, 0.717) is 37.4 Å². The van der Waals surface area contributed by atoms with Crippen molar-refractivity contribution in [1.82, 2.24) is 4.90 Å². The quantitative estimate of drug-likeness (QED) is 0.389. The Kier molecular flexibility index (Phi) is 5.26. The number of rotatable bonds is 4. The molecule has 0 N–H and O–H groups in total. The molecule has 0 atom stereocenters. The highest BCUT2D eigenvalue weighted by atomic mass is 35.5. The number of ether oxygens (including phenoxy) is 1. The van der Waals surface area contributed by atoms with Gasteiger partial charge >= 0.3 is 5.63 Å². The molecule has 1 aliphatic rings. The van der Waals surface area contributed by atoms with Gasteiger partial charge in [-0.15, -0.1) is 0 Å². The molecule has 31 heavy (non-hydrogen) atoms. The molecule has 1 aliphatic heterocycles. The Hall–Kier alpha value is -3.08. The van der Waals surface area contributed by atoms with Gasteiger partial charge in [-0.3, -0.25) is 4.90 Å². The molecule has 0 amide bonds. The van der Waals surface area contributed by atoms with Crippen LogP contribution in [0.5, 0.6) is 5.75 Å². The van der Waals surface area contributed by atoms with Gasteiger partial charge in [0, 0.05) is 35.5 Å². The third kappa shape index (κ3) is 3.85. The molecule has 0 bridgehead atoms. The molecule has 5 heteroatoms. The summed E-state index contributed by atoms with van der Waals surface area (Å²) in [6.07, 6.45) is 0.553. The lowest BCUT2D eigenvalue weighted by Crippen LogP contribution is -2.32. The molecule has 5 rings (SSSR count). The van der Waals surface area contributed by atoms with Crippen molar-refractivity contribution >= 4 is 22.6 Å². The summed E-state index contributed by atoms with van der Waals surface area (Å²) in [7, 11) is 0. The lowest BCUT2D eigenvalue weighted by molar-refractivity contribution is 0.0890. The van der Waals surface area contributed by atoms with E-state index in [1.165, 1.54) is 0 Å². The van der Waals surface area contributed by atoms with Crippen LogP contribution in [0.3, 0.4) is 0 Å². The van der Waals surface area contributed by atoms with Crippen LogP contribution in [0.25, 0.3) is 11.0 Å². The molecule has 0 fully saturated rings. The molecule has 4 nitrogen and oxygen atoms in total. The molecule has 0 radical (unpaired) electrons. The maximum Gasteiger partial charge on any atom is 0.340 e. The first-order valence-corrected chi connectivity index (χ1v) is 10.7. The van der Waals surface area contributed by atoms with Crippen molar-refractivity contribution in [3.05, 3.63) is 110 Å². The van der Waals surface area contributed by atoms with Crippen molar-refractivity contribution in [2.45, 2.75) is 26.4 Å². The Morgan fingerprint density at radius 2 is 1.77 bits per heavy atom. The monoisotopic (exact) mass is 431 g/mol. The zero-order valence-corrected chi connectivity index (χ0v) is 18.0. The third-order valence-corrected chi connectivity index (χ3v) is 6.24.